The van der Waals surface area contributed by atoms with Gasteiger partial charge in [-0.15, -0.1) is 0 Å². The molecule has 1 fully saturated rings. The quantitative estimate of drug-likeness (QED) is 0.830. The number of aliphatic hydroxyl groups is 1. The lowest BCUT2D eigenvalue weighted by Crippen LogP contribution is -2.34. The minimum atomic E-state index is -0.851. The number of aromatic nitrogens is 3. The number of nitrogens with zero attached hydrogens (tertiary/aromatic N) is 3. The molecule has 0 radical (unpaired) electrons. The number of hydrogen-bond donors (Lipinski definition) is 2. The molecule has 0 unspecified atom stereocenters. The molecular formula is C18H24N4O. The number of nitrogens with one attached hydrogen (secondary N) is 1. The van der Waals surface area contributed by atoms with E-state index in [9.17, 15) is 5.11 Å². The van der Waals surface area contributed by atoms with Gasteiger partial charge in [0, 0.05) is 18.1 Å². The van der Waals surface area contributed by atoms with Crippen LogP contribution >= 0.6 is 0 Å². The molecule has 2 aromatic rings. The largest absolute Gasteiger partial charge is 0.384 e. The molecule has 0 atom stereocenters. The summed E-state index contributed by atoms with van der Waals surface area (Å²) in [6.45, 7) is 2.11. The van der Waals surface area contributed by atoms with Crippen LogP contribution in [0.2, 0.25) is 0 Å². The molecule has 3 rings (SSSR count). The summed E-state index contributed by atoms with van der Waals surface area (Å²) in [7, 11) is 0. The van der Waals surface area contributed by atoms with Gasteiger partial charge in [0.25, 0.3) is 0 Å². The predicted octanol–water partition coefficient (Wildman–Crippen LogP) is 3.46. The number of pyridine rings is 1. The van der Waals surface area contributed by atoms with Gasteiger partial charge in [-0.2, -0.15) is 0 Å². The van der Waals surface area contributed by atoms with Crippen LogP contribution in [0.4, 0.5) is 0 Å². The van der Waals surface area contributed by atoms with Crippen LogP contribution in [0, 0.1) is 11.3 Å². The Morgan fingerprint density at radius 2 is 2.17 bits per heavy atom. The van der Waals surface area contributed by atoms with Crippen molar-refractivity contribution in [2.24, 2.45) is 5.92 Å². The summed E-state index contributed by atoms with van der Waals surface area (Å²) >= 11 is 0. The van der Waals surface area contributed by atoms with Gasteiger partial charge >= 0.3 is 0 Å². The molecule has 0 saturated heterocycles. The number of imidazole rings is 1. The third-order valence-electron chi connectivity index (χ3n) is 4.85. The Balaban J connectivity index is 1.68. The Hall–Kier alpha value is -2.01. The maximum absolute atomic E-state index is 10.9. The highest BCUT2D eigenvalue weighted by Gasteiger charge is 2.36. The third kappa shape index (κ3) is 3.34. The molecule has 2 heterocycles. The van der Waals surface area contributed by atoms with Crippen LogP contribution in [0.5, 0.6) is 0 Å². The average Bonchev–Trinajstić information content (AvgIpc) is 3.10. The highest BCUT2D eigenvalue weighted by atomic mass is 16.3. The van der Waals surface area contributed by atoms with E-state index in [-0.39, 0.29) is 0 Å². The lowest BCUT2D eigenvalue weighted by atomic mass is 9.75. The van der Waals surface area contributed by atoms with Crippen molar-refractivity contribution in [2.75, 3.05) is 0 Å². The fraction of sp³-hybridized carbons (Fsp3) is 0.500. The van der Waals surface area contributed by atoms with E-state index in [1.807, 2.05) is 22.9 Å². The Labute approximate surface area is 136 Å². The molecule has 0 bridgehead atoms. The lowest BCUT2D eigenvalue weighted by Gasteiger charge is -2.36. The summed E-state index contributed by atoms with van der Waals surface area (Å²) in [4.78, 5) is 8.51. The lowest BCUT2D eigenvalue weighted by molar-refractivity contribution is -0.0110. The van der Waals surface area contributed by atoms with Crippen LogP contribution in [-0.2, 0) is 5.60 Å². The van der Waals surface area contributed by atoms with Gasteiger partial charge < -0.3 is 15.1 Å². The van der Waals surface area contributed by atoms with Crippen molar-refractivity contribution < 1.29 is 5.11 Å². The first kappa shape index (κ1) is 15.9. The van der Waals surface area contributed by atoms with E-state index in [1.165, 1.54) is 0 Å². The minimum Gasteiger partial charge on any atom is -0.384 e. The zero-order chi connectivity index (χ0) is 16.3. The molecule has 5 nitrogen and oxygen atoms in total. The first-order chi connectivity index (χ1) is 11.1. The Bertz CT molecular complexity index is 640. The highest BCUT2D eigenvalue weighted by molar-refractivity contribution is 5.83. The smallest absolute Gasteiger partial charge is 0.107 e. The van der Waals surface area contributed by atoms with Crippen LogP contribution in [0.15, 0.2) is 37.1 Å². The molecule has 23 heavy (non-hydrogen) atoms. The van der Waals surface area contributed by atoms with E-state index in [1.54, 1.807) is 18.7 Å². The molecule has 1 aliphatic carbocycles. The van der Waals surface area contributed by atoms with Crippen molar-refractivity contribution in [3.8, 4) is 5.69 Å². The standard InChI is InChI=1S/C18H24N4O/c1-2-3-16(19)14-6-8-18(23,9-7-14)17-5-4-15(12-21-17)22-11-10-20-13-22/h4-5,10-14,19,23H,2-3,6-9H2,1H3. The molecule has 0 amide bonds. The van der Waals surface area contributed by atoms with Gasteiger partial charge in [0.05, 0.1) is 23.9 Å². The Kier molecular flexibility index (Phi) is 4.57. The van der Waals surface area contributed by atoms with Gasteiger partial charge in [0.15, 0.2) is 0 Å². The zero-order valence-corrected chi connectivity index (χ0v) is 13.6. The molecule has 1 saturated carbocycles. The highest BCUT2D eigenvalue weighted by Crippen LogP contribution is 2.39. The second kappa shape index (κ2) is 6.62. The van der Waals surface area contributed by atoms with Gasteiger partial charge in [-0.1, -0.05) is 13.3 Å². The van der Waals surface area contributed by atoms with Gasteiger partial charge in [-0.3, -0.25) is 4.98 Å². The van der Waals surface area contributed by atoms with Gasteiger partial charge in [-0.25, -0.2) is 4.98 Å². The number of hydrogen-bond acceptors (Lipinski definition) is 4. The van der Waals surface area contributed by atoms with E-state index in [0.717, 1.165) is 42.8 Å². The molecule has 5 heteroatoms. The second-order valence-electron chi connectivity index (χ2n) is 6.45. The summed E-state index contributed by atoms with van der Waals surface area (Å²) in [5.41, 5.74) is 1.67. The molecule has 2 aromatic heterocycles. The molecule has 1 aliphatic rings. The maximum atomic E-state index is 10.9. The molecule has 0 spiro atoms. The van der Waals surface area contributed by atoms with Crippen molar-refractivity contribution >= 4 is 5.71 Å². The topological polar surface area (TPSA) is 74.8 Å². The summed E-state index contributed by atoms with van der Waals surface area (Å²) in [6.07, 6.45) is 12.1. The van der Waals surface area contributed by atoms with Gasteiger partial charge in [0.2, 0.25) is 0 Å². The van der Waals surface area contributed by atoms with Crippen LogP contribution in [0.25, 0.3) is 5.69 Å². The third-order valence-corrected chi connectivity index (χ3v) is 4.85. The summed E-state index contributed by atoms with van der Waals surface area (Å²) in [5, 5.41) is 19.1. The monoisotopic (exact) mass is 312 g/mol. The van der Waals surface area contributed by atoms with Crippen LogP contribution in [-0.4, -0.2) is 25.4 Å². The van der Waals surface area contributed by atoms with E-state index < -0.39 is 5.60 Å². The Morgan fingerprint density at radius 3 is 2.74 bits per heavy atom. The molecule has 0 aromatic carbocycles. The minimum absolute atomic E-state index is 0.334. The van der Waals surface area contributed by atoms with Gasteiger partial charge in [-0.05, 0) is 50.2 Å². The molecule has 2 N–H and O–H groups in total. The first-order valence-corrected chi connectivity index (χ1v) is 8.37. The van der Waals surface area contributed by atoms with Crippen molar-refractivity contribution in [2.45, 2.75) is 51.0 Å². The maximum Gasteiger partial charge on any atom is 0.107 e. The molecule has 0 aliphatic heterocycles. The fourth-order valence-corrected chi connectivity index (χ4v) is 3.40. The summed E-state index contributed by atoms with van der Waals surface area (Å²) in [6, 6.07) is 3.88. The molecule has 122 valence electrons. The predicted molar refractivity (Wildman–Crippen MR) is 89.8 cm³/mol. The van der Waals surface area contributed by atoms with E-state index in [2.05, 4.69) is 16.9 Å². The summed E-state index contributed by atoms with van der Waals surface area (Å²) < 4.78 is 1.89. The van der Waals surface area contributed by atoms with Gasteiger partial charge in [0.1, 0.15) is 5.60 Å². The average molecular weight is 312 g/mol. The fourth-order valence-electron chi connectivity index (χ4n) is 3.40. The second-order valence-corrected chi connectivity index (χ2v) is 6.45. The van der Waals surface area contributed by atoms with Crippen LogP contribution < -0.4 is 0 Å². The SMILES string of the molecule is CCCC(=N)C1CCC(O)(c2ccc(-n3ccnc3)cn2)CC1. The number of rotatable bonds is 5. The van der Waals surface area contributed by atoms with Crippen LogP contribution in [0.1, 0.15) is 51.1 Å². The van der Waals surface area contributed by atoms with Crippen LogP contribution in [0.3, 0.4) is 0 Å². The summed E-state index contributed by atoms with van der Waals surface area (Å²) in [5.74, 6) is 0.334. The van der Waals surface area contributed by atoms with E-state index in [4.69, 9.17) is 5.41 Å². The van der Waals surface area contributed by atoms with E-state index in [0.29, 0.717) is 18.8 Å². The van der Waals surface area contributed by atoms with E-state index >= 15 is 0 Å². The normalized spacial score (nSPS) is 24.5. The first-order valence-electron chi connectivity index (χ1n) is 8.37. The zero-order valence-electron chi connectivity index (χ0n) is 13.6. The molecular weight excluding hydrogens is 288 g/mol. The van der Waals surface area contributed by atoms with Crippen molar-refractivity contribution in [1.82, 2.24) is 14.5 Å². The van der Waals surface area contributed by atoms with Crippen molar-refractivity contribution in [1.29, 1.82) is 5.41 Å². The Morgan fingerprint density at radius 1 is 1.39 bits per heavy atom. The van der Waals surface area contributed by atoms with Crippen molar-refractivity contribution in [3.63, 3.8) is 0 Å². The van der Waals surface area contributed by atoms with Crippen molar-refractivity contribution in [3.05, 3.63) is 42.7 Å².